The molecular weight excluding hydrogens is 318 g/mol. The van der Waals surface area contributed by atoms with Crippen molar-refractivity contribution in [2.75, 3.05) is 24.4 Å². The Morgan fingerprint density at radius 1 is 1.18 bits per heavy atom. The van der Waals surface area contributed by atoms with Crippen molar-refractivity contribution in [1.29, 1.82) is 0 Å². The first-order valence-corrected chi connectivity index (χ1v) is 8.42. The van der Waals surface area contributed by atoms with Gasteiger partial charge in [-0.15, -0.1) is 11.6 Å². The number of carbonyl (C=O) groups is 1. The van der Waals surface area contributed by atoms with Crippen LogP contribution in [-0.4, -0.2) is 25.5 Å². The lowest BCUT2D eigenvalue weighted by Crippen LogP contribution is -2.22. The van der Waals surface area contributed by atoms with Crippen molar-refractivity contribution in [2.45, 2.75) is 16.2 Å². The topological polar surface area (TPSA) is 29.5 Å². The highest BCUT2D eigenvalue weighted by atomic mass is 35.5. The van der Waals surface area contributed by atoms with Crippen LogP contribution >= 0.6 is 23.4 Å². The number of ether oxygens (including phenoxy) is 1. The number of anilines is 2. The Balaban J connectivity index is 2.06. The second-order valence-corrected chi connectivity index (χ2v) is 6.40. The predicted molar refractivity (Wildman–Crippen MR) is 90.7 cm³/mol. The highest BCUT2D eigenvalue weighted by molar-refractivity contribution is 7.99. The molecule has 1 aliphatic heterocycles. The van der Waals surface area contributed by atoms with E-state index in [1.807, 2.05) is 30.3 Å². The third kappa shape index (κ3) is 2.81. The van der Waals surface area contributed by atoms with E-state index in [4.69, 9.17) is 16.3 Å². The largest absolute Gasteiger partial charge is 0.465 e. The van der Waals surface area contributed by atoms with Gasteiger partial charge in [0, 0.05) is 22.2 Å². The molecule has 0 aromatic heterocycles. The van der Waals surface area contributed by atoms with Crippen LogP contribution in [0.5, 0.6) is 0 Å². The Morgan fingerprint density at radius 2 is 1.95 bits per heavy atom. The minimum atomic E-state index is -0.316. The molecule has 22 heavy (non-hydrogen) atoms. The fourth-order valence-corrected chi connectivity index (χ4v) is 3.73. The van der Waals surface area contributed by atoms with Gasteiger partial charge in [0.2, 0.25) is 0 Å². The van der Waals surface area contributed by atoms with Gasteiger partial charge < -0.3 is 9.64 Å². The van der Waals surface area contributed by atoms with E-state index in [-0.39, 0.29) is 5.97 Å². The van der Waals surface area contributed by atoms with Gasteiger partial charge >= 0.3 is 5.97 Å². The summed E-state index contributed by atoms with van der Waals surface area (Å²) in [5.41, 5.74) is 2.76. The number of nitrogens with zero attached hydrogens (tertiary/aromatic N) is 1. The van der Waals surface area contributed by atoms with Gasteiger partial charge in [0.25, 0.3) is 0 Å². The minimum absolute atomic E-state index is 0.316. The van der Waals surface area contributed by atoms with Crippen LogP contribution in [0, 0.1) is 0 Å². The zero-order valence-corrected chi connectivity index (χ0v) is 13.8. The fraction of sp³-hybridized carbons (Fsp3) is 0.235. The minimum Gasteiger partial charge on any atom is -0.465 e. The second kappa shape index (κ2) is 6.63. The zero-order valence-electron chi connectivity index (χ0n) is 12.2. The first-order chi connectivity index (χ1) is 10.7. The molecule has 0 aliphatic carbocycles. The molecule has 3 rings (SSSR count). The molecule has 0 amide bonds. The molecular formula is C17H16ClNO2S. The van der Waals surface area contributed by atoms with Crippen LogP contribution in [0.2, 0.25) is 0 Å². The monoisotopic (exact) mass is 333 g/mol. The third-order valence-electron chi connectivity index (χ3n) is 3.56. The highest BCUT2D eigenvalue weighted by Crippen LogP contribution is 2.48. The summed E-state index contributed by atoms with van der Waals surface area (Å²) in [7, 11) is 1.40. The molecule has 114 valence electrons. The lowest BCUT2D eigenvalue weighted by Gasteiger charge is -2.33. The van der Waals surface area contributed by atoms with Gasteiger partial charge in [-0.3, -0.25) is 0 Å². The van der Waals surface area contributed by atoms with Crippen LogP contribution in [-0.2, 0) is 4.74 Å². The maximum absolute atomic E-state index is 11.8. The highest BCUT2D eigenvalue weighted by Gasteiger charge is 2.24. The maximum Gasteiger partial charge on any atom is 0.337 e. The van der Waals surface area contributed by atoms with Gasteiger partial charge in [-0.25, -0.2) is 4.79 Å². The quantitative estimate of drug-likeness (QED) is 0.599. The van der Waals surface area contributed by atoms with E-state index in [1.165, 1.54) is 12.0 Å². The number of benzene rings is 2. The number of methoxy groups -OCH3 is 1. The van der Waals surface area contributed by atoms with E-state index in [1.54, 1.807) is 11.8 Å². The number of rotatable bonds is 4. The Hall–Kier alpha value is -1.65. The van der Waals surface area contributed by atoms with Crippen LogP contribution < -0.4 is 4.90 Å². The van der Waals surface area contributed by atoms with Crippen LogP contribution in [0.3, 0.4) is 0 Å². The van der Waals surface area contributed by atoms with Crippen molar-refractivity contribution in [1.82, 2.24) is 0 Å². The van der Waals surface area contributed by atoms with Gasteiger partial charge in [0.15, 0.2) is 0 Å². The van der Waals surface area contributed by atoms with Crippen molar-refractivity contribution >= 4 is 40.7 Å². The lowest BCUT2D eigenvalue weighted by atomic mass is 10.1. The molecule has 5 heteroatoms. The molecule has 0 atom stereocenters. The summed E-state index contributed by atoms with van der Waals surface area (Å²) in [5.74, 6) is 0.293. The summed E-state index contributed by atoms with van der Waals surface area (Å²) in [6, 6.07) is 14.0. The van der Waals surface area contributed by atoms with Crippen molar-refractivity contribution in [3.05, 3.63) is 48.0 Å². The number of fused-ring (bicyclic) bond motifs is 2. The molecule has 1 aliphatic rings. The molecule has 0 saturated heterocycles. The van der Waals surface area contributed by atoms with Gasteiger partial charge in [-0.2, -0.15) is 0 Å². The normalized spacial score (nSPS) is 12.5. The molecule has 0 unspecified atom stereocenters. The van der Waals surface area contributed by atoms with E-state index in [9.17, 15) is 4.79 Å². The third-order valence-corrected chi connectivity index (χ3v) is 4.96. The van der Waals surface area contributed by atoms with E-state index in [0.29, 0.717) is 11.4 Å². The van der Waals surface area contributed by atoms with Crippen LogP contribution in [0.15, 0.2) is 52.3 Å². The fourth-order valence-electron chi connectivity index (χ4n) is 2.53. The summed E-state index contributed by atoms with van der Waals surface area (Å²) in [5, 5.41) is 0. The standard InChI is InChI=1S/C17H16ClNO2S/c1-21-17(20)12-7-8-16-14(11-12)19(10-4-9-18)13-5-2-3-6-15(13)22-16/h2-3,5-8,11H,4,9-10H2,1H3. The van der Waals surface area contributed by atoms with E-state index in [0.717, 1.165) is 29.2 Å². The van der Waals surface area contributed by atoms with Crippen LogP contribution in [0.25, 0.3) is 0 Å². The van der Waals surface area contributed by atoms with Crippen molar-refractivity contribution in [3.63, 3.8) is 0 Å². The molecule has 0 radical (unpaired) electrons. The average Bonchev–Trinajstić information content (AvgIpc) is 2.57. The smallest absolute Gasteiger partial charge is 0.337 e. The molecule has 2 aromatic carbocycles. The van der Waals surface area contributed by atoms with Crippen molar-refractivity contribution in [3.8, 4) is 0 Å². The average molecular weight is 334 g/mol. The van der Waals surface area contributed by atoms with E-state index >= 15 is 0 Å². The van der Waals surface area contributed by atoms with Crippen molar-refractivity contribution < 1.29 is 9.53 Å². The molecule has 3 nitrogen and oxygen atoms in total. The van der Waals surface area contributed by atoms with Gasteiger partial charge in [-0.1, -0.05) is 23.9 Å². The second-order valence-electron chi connectivity index (χ2n) is 4.94. The number of para-hydroxylation sites is 1. The van der Waals surface area contributed by atoms with E-state index in [2.05, 4.69) is 17.0 Å². The summed E-state index contributed by atoms with van der Waals surface area (Å²) in [4.78, 5) is 16.4. The Bertz CT molecular complexity index is 705. The summed E-state index contributed by atoms with van der Waals surface area (Å²) in [6.07, 6.45) is 0.877. The lowest BCUT2D eigenvalue weighted by molar-refractivity contribution is 0.0600. The number of esters is 1. The molecule has 0 spiro atoms. The summed E-state index contributed by atoms with van der Waals surface area (Å²) >= 11 is 7.59. The first-order valence-electron chi connectivity index (χ1n) is 7.07. The van der Waals surface area contributed by atoms with Gasteiger partial charge in [0.1, 0.15) is 0 Å². The molecule has 0 N–H and O–H groups in total. The number of alkyl halides is 1. The van der Waals surface area contributed by atoms with Crippen LogP contribution in [0.4, 0.5) is 11.4 Å². The number of carbonyl (C=O) groups excluding carboxylic acids is 1. The van der Waals surface area contributed by atoms with Crippen molar-refractivity contribution in [2.24, 2.45) is 0 Å². The Labute approximate surface area is 139 Å². The summed E-state index contributed by atoms with van der Waals surface area (Å²) in [6.45, 7) is 0.818. The molecule has 0 saturated carbocycles. The number of hydrogen-bond donors (Lipinski definition) is 0. The Morgan fingerprint density at radius 3 is 2.73 bits per heavy atom. The molecule has 2 aromatic rings. The summed E-state index contributed by atoms with van der Waals surface area (Å²) < 4.78 is 4.83. The molecule has 0 fully saturated rings. The molecule has 1 heterocycles. The van der Waals surface area contributed by atoms with E-state index < -0.39 is 0 Å². The van der Waals surface area contributed by atoms with Gasteiger partial charge in [0.05, 0.1) is 24.0 Å². The Kier molecular flexibility index (Phi) is 4.60. The van der Waals surface area contributed by atoms with Crippen LogP contribution in [0.1, 0.15) is 16.8 Å². The van der Waals surface area contributed by atoms with Gasteiger partial charge in [-0.05, 0) is 36.8 Å². The zero-order chi connectivity index (χ0) is 15.5. The first kappa shape index (κ1) is 15.3. The number of hydrogen-bond acceptors (Lipinski definition) is 4. The SMILES string of the molecule is COC(=O)c1ccc2c(c1)N(CCCCl)c1ccccc1S2. The molecule has 0 bridgehead atoms. The maximum atomic E-state index is 11.8. The predicted octanol–water partition coefficient (Wildman–Crippen LogP) is 4.70. The number of halogens is 1.